The van der Waals surface area contributed by atoms with Crippen LogP contribution in [0.1, 0.15) is 22.9 Å². The zero-order valence-electron chi connectivity index (χ0n) is 10.5. The minimum atomic E-state index is -0.256. The summed E-state index contributed by atoms with van der Waals surface area (Å²) in [5.41, 5.74) is 7.52. The largest absolute Gasteiger partial charge is 0.375 e. The number of halogens is 1. The normalized spacial score (nSPS) is 18.1. The van der Waals surface area contributed by atoms with Crippen molar-refractivity contribution in [3.05, 3.63) is 58.0 Å². The Balaban J connectivity index is 1.92. The molecule has 0 aliphatic carbocycles. The van der Waals surface area contributed by atoms with Crippen molar-refractivity contribution in [2.24, 2.45) is 10.8 Å². The van der Waals surface area contributed by atoms with Crippen LogP contribution in [0.15, 0.2) is 46.9 Å². The van der Waals surface area contributed by atoms with E-state index in [0.717, 1.165) is 11.3 Å². The fourth-order valence-corrected chi connectivity index (χ4v) is 3.21. The number of rotatable bonds is 2. The third-order valence-corrected chi connectivity index (χ3v) is 4.35. The van der Waals surface area contributed by atoms with Crippen LogP contribution >= 0.6 is 23.6 Å². The van der Waals surface area contributed by atoms with Crippen molar-refractivity contribution in [3.8, 4) is 0 Å². The summed E-state index contributed by atoms with van der Waals surface area (Å²) in [6.07, 6.45) is 0.712. The van der Waals surface area contributed by atoms with Gasteiger partial charge in [-0.2, -0.15) is 5.10 Å². The minimum absolute atomic E-state index is 0.0348. The predicted octanol–water partition coefficient (Wildman–Crippen LogP) is 3.28. The number of hydrogen-bond acceptors (Lipinski definition) is 3. The maximum atomic E-state index is 13.0. The summed E-state index contributed by atoms with van der Waals surface area (Å²) in [6.45, 7) is 0. The fraction of sp³-hybridized carbons (Fsp3) is 0.143. The summed E-state index contributed by atoms with van der Waals surface area (Å²) in [5.74, 6) is -0.256. The van der Waals surface area contributed by atoms with Crippen LogP contribution in [0, 0.1) is 5.82 Å². The zero-order valence-corrected chi connectivity index (χ0v) is 12.1. The van der Waals surface area contributed by atoms with E-state index in [2.05, 4.69) is 5.10 Å². The molecule has 2 heterocycles. The number of hydrazone groups is 1. The number of thiocarbonyl (C=S) groups is 1. The van der Waals surface area contributed by atoms with Crippen LogP contribution in [0.2, 0.25) is 0 Å². The van der Waals surface area contributed by atoms with Crippen molar-refractivity contribution < 1.29 is 4.39 Å². The SMILES string of the molecule is NC(=S)N1N=C(c2ccc(F)cc2)C[C@@H]1c1cccs1. The molecule has 0 saturated carbocycles. The van der Waals surface area contributed by atoms with Crippen LogP contribution in [0.25, 0.3) is 0 Å². The van der Waals surface area contributed by atoms with Gasteiger partial charge in [0, 0.05) is 11.3 Å². The van der Waals surface area contributed by atoms with Gasteiger partial charge in [0.05, 0.1) is 11.8 Å². The van der Waals surface area contributed by atoms with E-state index in [9.17, 15) is 4.39 Å². The lowest BCUT2D eigenvalue weighted by Crippen LogP contribution is -2.31. The molecule has 20 heavy (non-hydrogen) atoms. The first-order valence-electron chi connectivity index (χ1n) is 6.10. The maximum absolute atomic E-state index is 13.0. The molecule has 0 unspecified atom stereocenters. The molecular weight excluding hydrogens is 293 g/mol. The first-order valence-corrected chi connectivity index (χ1v) is 7.39. The third-order valence-electron chi connectivity index (χ3n) is 3.19. The van der Waals surface area contributed by atoms with Crippen molar-refractivity contribution in [1.29, 1.82) is 0 Å². The van der Waals surface area contributed by atoms with Gasteiger partial charge in [-0.05, 0) is 41.4 Å². The second kappa shape index (κ2) is 5.30. The molecule has 3 rings (SSSR count). The van der Waals surface area contributed by atoms with Crippen LogP contribution in [-0.4, -0.2) is 15.8 Å². The van der Waals surface area contributed by atoms with Gasteiger partial charge in [0.2, 0.25) is 0 Å². The zero-order chi connectivity index (χ0) is 14.1. The Morgan fingerprint density at radius 1 is 1.35 bits per heavy atom. The molecule has 0 fully saturated rings. The molecule has 102 valence electrons. The van der Waals surface area contributed by atoms with E-state index in [1.807, 2.05) is 17.5 Å². The second-order valence-electron chi connectivity index (χ2n) is 4.47. The van der Waals surface area contributed by atoms with Crippen LogP contribution in [0.4, 0.5) is 4.39 Å². The molecule has 0 bridgehead atoms. The second-order valence-corrected chi connectivity index (χ2v) is 5.87. The van der Waals surface area contributed by atoms with E-state index < -0.39 is 0 Å². The third kappa shape index (κ3) is 2.44. The van der Waals surface area contributed by atoms with Crippen molar-refractivity contribution >= 4 is 34.4 Å². The first kappa shape index (κ1) is 13.2. The highest BCUT2D eigenvalue weighted by atomic mass is 32.1. The maximum Gasteiger partial charge on any atom is 0.187 e. The van der Waals surface area contributed by atoms with Crippen molar-refractivity contribution in [3.63, 3.8) is 0 Å². The molecule has 1 atom stereocenters. The summed E-state index contributed by atoms with van der Waals surface area (Å²) in [7, 11) is 0. The molecule has 1 aromatic carbocycles. The van der Waals surface area contributed by atoms with Gasteiger partial charge in [-0.3, -0.25) is 0 Å². The highest BCUT2D eigenvalue weighted by Gasteiger charge is 2.30. The topological polar surface area (TPSA) is 41.6 Å². The number of nitrogens with zero attached hydrogens (tertiary/aromatic N) is 2. The monoisotopic (exact) mass is 305 g/mol. The van der Waals surface area contributed by atoms with E-state index in [4.69, 9.17) is 18.0 Å². The molecular formula is C14H12FN3S2. The molecule has 1 aliphatic rings. The number of nitrogens with two attached hydrogens (primary N) is 1. The lowest BCUT2D eigenvalue weighted by molar-refractivity contribution is 0.378. The van der Waals surface area contributed by atoms with Crippen LogP contribution in [-0.2, 0) is 0 Å². The van der Waals surface area contributed by atoms with Gasteiger partial charge in [-0.1, -0.05) is 18.2 Å². The van der Waals surface area contributed by atoms with E-state index in [1.54, 1.807) is 28.5 Å². The summed E-state index contributed by atoms with van der Waals surface area (Å²) in [6, 6.07) is 10.4. The van der Waals surface area contributed by atoms with Crippen LogP contribution < -0.4 is 5.73 Å². The number of benzene rings is 1. The molecule has 6 heteroatoms. The number of thiophene rings is 1. The Morgan fingerprint density at radius 2 is 2.10 bits per heavy atom. The number of hydrogen-bond donors (Lipinski definition) is 1. The van der Waals surface area contributed by atoms with E-state index in [0.29, 0.717) is 6.42 Å². The van der Waals surface area contributed by atoms with Gasteiger partial charge in [0.15, 0.2) is 5.11 Å². The summed E-state index contributed by atoms with van der Waals surface area (Å²) >= 11 is 6.72. The van der Waals surface area contributed by atoms with Crippen LogP contribution in [0.3, 0.4) is 0 Å². The fourth-order valence-electron chi connectivity index (χ4n) is 2.23. The Morgan fingerprint density at radius 3 is 2.70 bits per heavy atom. The van der Waals surface area contributed by atoms with Crippen molar-refractivity contribution in [2.75, 3.05) is 0 Å². The predicted molar refractivity (Wildman–Crippen MR) is 83.2 cm³/mol. The molecule has 0 radical (unpaired) electrons. The molecule has 0 amide bonds. The lowest BCUT2D eigenvalue weighted by atomic mass is 10.0. The molecule has 0 spiro atoms. The molecule has 0 saturated heterocycles. The van der Waals surface area contributed by atoms with Gasteiger partial charge in [0.1, 0.15) is 5.82 Å². The van der Waals surface area contributed by atoms with Gasteiger partial charge in [-0.15, -0.1) is 11.3 Å². The van der Waals surface area contributed by atoms with Gasteiger partial charge >= 0.3 is 0 Å². The van der Waals surface area contributed by atoms with E-state index in [-0.39, 0.29) is 17.0 Å². The summed E-state index contributed by atoms with van der Waals surface area (Å²) < 4.78 is 13.0. The Hall–Kier alpha value is -1.79. The Labute approximate surface area is 125 Å². The summed E-state index contributed by atoms with van der Waals surface area (Å²) in [5, 5.41) is 8.43. The van der Waals surface area contributed by atoms with E-state index >= 15 is 0 Å². The molecule has 3 nitrogen and oxygen atoms in total. The smallest absolute Gasteiger partial charge is 0.187 e. The van der Waals surface area contributed by atoms with Gasteiger partial charge < -0.3 is 5.73 Å². The molecule has 2 aromatic rings. The molecule has 2 N–H and O–H groups in total. The molecule has 1 aromatic heterocycles. The highest BCUT2D eigenvalue weighted by Crippen LogP contribution is 2.34. The van der Waals surface area contributed by atoms with Gasteiger partial charge in [-0.25, -0.2) is 9.40 Å². The van der Waals surface area contributed by atoms with Crippen molar-refractivity contribution in [2.45, 2.75) is 12.5 Å². The Kier molecular flexibility index (Phi) is 3.50. The first-order chi connectivity index (χ1) is 9.65. The summed E-state index contributed by atoms with van der Waals surface area (Å²) in [4.78, 5) is 1.17. The van der Waals surface area contributed by atoms with Gasteiger partial charge in [0.25, 0.3) is 0 Å². The van der Waals surface area contributed by atoms with Crippen molar-refractivity contribution in [1.82, 2.24) is 5.01 Å². The van der Waals surface area contributed by atoms with E-state index in [1.165, 1.54) is 17.0 Å². The molecule has 1 aliphatic heterocycles. The van der Waals surface area contributed by atoms with Crippen LogP contribution in [0.5, 0.6) is 0 Å². The standard InChI is InChI=1S/C14H12FN3S2/c15-10-5-3-9(4-6-10)11-8-12(13-2-1-7-20-13)18(17-11)14(16)19/h1-7,12H,8H2,(H2,16,19)/t12-/m1/s1. The highest BCUT2D eigenvalue weighted by molar-refractivity contribution is 7.80. The lowest BCUT2D eigenvalue weighted by Gasteiger charge is -2.20. The minimum Gasteiger partial charge on any atom is -0.375 e. The average Bonchev–Trinajstić information content (AvgIpc) is 3.08. The quantitative estimate of drug-likeness (QED) is 0.866. The average molecular weight is 305 g/mol. The Bertz CT molecular complexity index is 650.